The van der Waals surface area contributed by atoms with E-state index in [0.717, 1.165) is 4.90 Å². The molecule has 1 atom stereocenters. The molecule has 108 valence electrons. The highest BCUT2D eigenvalue weighted by atomic mass is 32.2. The predicted molar refractivity (Wildman–Crippen MR) is 76.0 cm³/mol. The van der Waals surface area contributed by atoms with Crippen LogP contribution >= 0.6 is 11.8 Å². The Labute approximate surface area is 120 Å². The van der Waals surface area contributed by atoms with Gasteiger partial charge in [0.15, 0.2) is 0 Å². The molecular weight excluding hydrogens is 280 g/mol. The molecule has 6 nitrogen and oxygen atoms in total. The summed E-state index contributed by atoms with van der Waals surface area (Å²) in [5.74, 6) is 0.000271. The van der Waals surface area contributed by atoms with Crippen LogP contribution in [0.2, 0.25) is 0 Å². The quantitative estimate of drug-likeness (QED) is 0.735. The number of thioether (sulfide) groups is 1. The van der Waals surface area contributed by atoms with E-state index >= 15 is 0 Å². The summed E-state index contributed by atoms with van der Waals surface area (Å²) >= 11 is 1.44. The second kappa shape index (κ2) is 6.74. The molecule has 0 fully saturated rings. The summed E-state index contributed by atoms with van der Waals surface area (Å²) in [6, 6.07) is 4.68. The van der Waals surface area contributed by atoms with E-state index in [1.165, 1.54) is 18.9 Å². The van der Waals surface area contributed by atoms with Crippen LogP contribution in [0.25, 0.3) is 0 Å². The molecule has 0 radical (unpaired) electrons. The van der Waals surface area contributed by atoms with Crippen molar-refractivity contribution in [1.29, 1.82) is 0 Å². The molecule has 1 aromatic carbocycles. The summed E-state index contributed by atoms with van der Waals surface area (Å²) < 4.78 is 4.90. The maximum Gasteiger partial charge on any atom is 0.251 e. The first-order valence-electron chi connectivity index (χ1n) is 6.11. The second-order valence-electron chi connectivity index (χ2n) is 4.36. The average Bonchev–Trinajstić information content (AvgIpc) is 2.45. The third kappa shape index (κ3) is 3.50. The molecule has 0 bridgehead atoms. The topological polar surface area (TPSA) is 87.7 Å². The second-order valence-corrected chi connectivity index (χ2v) is 5.37. The Kier molecular flexibility index (Phi) is 4.99. The lowest BCUT2D eigenvalue weighted by Gasteiger charge is -2.18. The Morgan fingerprint density at radius 3 is 3.10 bits per heavy atom. The Bertz CT molecular complexity index is 521. The number of benzene rings is 1. The number of methoxy groups -OCH3 is 1. The van der Waals surface area contributed by atoms with Gasteiger partial charge in [0.1, 0.15) is 0 Å². The number of amides is 2. The first kappa shape index (κ1) is 14.8. The van der Waals surface area contributed by atoms with Gasteiger partial charge in [-0.3, -0.25) is 9.59 Å². The zero-order valence-electron chi connectivity index (χ0n) is 11.0. The summed E-state index contributed by atoms with van der Waals surface area (Å²) in [5, 5.41) is 14.5. The Balaban J connectivity index is 2.10. The largest absolute Gasteiger partial charge is 0.394 e. The average molecular weight is 296 g/mol. The first-order chi connectivity index (χ1) is 9.63. The van der Waals surface area contributed by atoms with Crippen LogP contribution in [0.4, 0.5) is 5.69 Å². The van der Waals surface area contributed by atoms with Gasteiger partial charge in [-0.25, -0.2) is 0 Å². The molecule has 1 unspecified atom stereocenters. The summed E-state index contributed by atoms with van der Waals surface area (Å²) in [6.45, 7) is 0.0386. The van der Waals surface area contributed by atoms with Crippen molar-refractivity contribution in [2.75, 3.05) is 31.4 Å². The van der Waals surface area contributed by atoms with Gasteiger partial charge in [0.05, 0.1) is 30.7 Å². The SMILES string of the molecule is COCC(CO)NC(=O)c1ccc2c(c1)NC(=O)CS2. The van der Waals surface area contributed by atoms with E-state index in [4.69, 9.17) is 9.84 Å². The standard InChI is InChI=1S/C13H16N2O4S/c1-19-6-9(5-16)14-13(18)8-2-3-11-10(4-8)15-12(17)7-20-11/h2-4,9,16H,5-7H2,1H3,(H,14,18)(H,15,17). The van der Waals surface area contributed by atoms with Gasteiger partial charge in [-0.1, -0.05) is 0 Å². The molecular formula is C13H16N2O4S. The molecule has 0 aliphatic carbocycles. The molecule has 0 aromatic heterocycles. The van der Waals surface area contributed by atoms with Crippen molar-refractivity contribution in [3.63, 3.8) is 0 Å². The third-order valence-corrected chi connectivity index (χ3v) is 3.87. The summed E-state index contributed by atoms with van der Waals surface area (Å²) in [6.07, 6.45) is 0. The Morgan fingerprint density at radius 2 is 2.40 bits per heavy atom. The molecule has 0 spiro atoms. The molecule has 1 aliphatic rings. The van der Waals surface area contributed by atoms with Gasteiger partial charge in [0.2, 0.25) is 5.91 Å². The van der Waals surface area contributed by atoms with Gasteiger partial charge in [-0.15, -0.1) is 11.8 Å². The number of ether oxygens (including phenoxy) is 1. The van der Waals surface area contributed by atoms with Crippen LogP contribution in [0.1, 0.15) is 10.4 Å². The molecule has 20 heavy (non-hydrogen) atoms. The first-order valence-corrected chi connectivity index (χ1v) is 7.10. The third-order valence-electron chi connectivity index (χ3n) is 2.80. The number of carbonyl (C=O) groups excluding carboxylic acids is 2. The van der Waals surface area contributed by atoms with Crippen molar-refractivity contribution in [3.05, 3.63) is 23.8 Å². The molecule has 2 rings (SSSR count). The van der Waals surface area contributed by atoms with E-state index in [2.05, 4.69) is 10.6 Å². The van der Waals surface area contributed by atoms with Crippen LogP contribution < -0.4 is 10.6 Å². The highest BCUT2D eigenvalue weighted by Gasteiger charge is 2.18. The van der Waals surface area contributed by atoms with Crippen LogP contribution in [0.5, 0.6) is 0 Å². The minimum atomic E-state index is -0.451. The van der Waals surface area contributed by atoms with Crippen LogP contribution in [0.15, 0.2) is 23.1 Å². The van der Waals surface area contributed by atoms with E-state index in [0.29, 0.717) is 17.0 Å². The lowest BCUT2D eigenvalue weighted by molar-refractivity contribution is -0.113. The smallest absolute Gasteiger partial charge is 0.251 e. The van der Waals surface area contributed by atoms with E-state index in [-0.39, 0.29) is 25.0 Å². The van der Waals surface area contributed by atoms with Crippen LogP contribution in [0.3, 0.4) is 0 Å². The number of aliphatic hydroxyl groups is 1. The van der Waals surface area contributed by atoms with E-state index in [9.17, 15) is 9.59 Å². The number of aliphatic hydroxyl groups excluding tert-OH is 1. The van der Waals surface area contributed by atoms with Crippen molar-refractivity contribution in [2.45, 2.75) is 10.9 Å². The zero-order chi connectivity index (χ0) is 14.5. The van der Waals surface area contributed by atoms with Gasteiger partial charge in [0.25, 0.3) is 5.91 Å². The fourth-order valence-electron chi connectivity index (χ4n) is 1.83. The molecule has 3 N–H and O–H groups in total. The maximum atomic E-state index is 12.1. The van der Waals surface area contributed by atoms with Gasteiger partial charge in [0, 0.05) is 17.6 Å². The molecule has 1 aromatic rings. The van der Waals surface area contributed by atoms with Crippen molar-refractivity contribution in [3.8, 4) is 0 Å². The minimum Gasteiger partial charge on any atom is -0.394 e. The predicted octanol–water partition coefficient (Wildman–Crippen LogP) is 0.468. The molecule has 1 aliphatic heterocycles. The van der Waals surface area contributed by atoms with Gasteiger partial charge in [-0.05, 0) is 18.2 Å². The Morgan fingerprint density at radius 1 is 1.60 bits per heavy atom. The molecule has 1 heterocycles. The number of nitrogens with one attached hydrogen (secondary N) is 2. The summed E-state index contributed by atoms with van der Waals surface area (Å²) in [7, 11) is 1.50. The molecule has 0 saturated carbocycles. The zero-order valence-corrected chi connectivity index (χ0v) is 11.8. The monoisotopic (exact) mass is 296 g/mol. The number of carbonyl (C=O) groups is 2. The van der Waals surface area contributed by atoms with Crippen LogP contribution in [0, 0.1) is 0 Å². The van der Waals surface area contributed by atoms with E-state index < -0.39 is 6.04 Å². The molecule has 7 heteroatoms. The fourth-order valence-corrected chi connectivity index (χ4v) is 2.62. The number of rotatable bonds is 5. The van der Waals surface area contributed by atoms with Gasteiger partial charge in [-0.2, -0.15) is 0 Å². The minimum absolute atomic E-state index is 0.0762. The maximum absolute atomic E-state index is 12.1. The number of hydrogen-bond donors (Lipinski definition) is 3. The highest BCUT2D eigenvalue weighted by molar-refractivity contribution is 8.00. The molecule has 0 saturated heterocycles. The van der Waals surface area contributed by atoms with Crippen molar-refractivity contribution >= 4 is 29.3 Å². The van der Waals surface area contributed by atoms with Crippen LogP contribution in [-0.4, -0.2) is 49.0 Å². The fraction of sp³-hybridized carbons (Fsp3) is 0.385. The number of anilines is 1. The summed E-state index contributed by atoms with van der Waals surface area (Å²) in [4.78, 5) is 24.3. The lowest BCUT2D eigenvalue weighted by Crippen LogP contribution is -2.40. The number of fused-ring (bicyclic) bond motifs is 1. The normalized spacial score (nSPS) is 15.2. The lowest BCUT2D eigenvalue weighted by atomic mass is 10.1. The Hall–Kier alpha value is -1.57. The van der Waals surface area contributed by atoms with Crippen molar-refractivity contribution in [2.24, 2.45) is 0 Å². The van der Waals surface area contributed by atoms with Crippen molar-refractivity contribution < 1.29 is 19.4 Å². The van der Waals surface area contributed by atoms with Gasteiger partial charge >= 0.3 is 0 Å². The number of hydrogen-bond acceptors (Lipinski definition) is 5. The highest BCUT2D eigenvalue weighted by Crippen LogP contribution is 2.31. The molecule has 2 amide bonds. The summed E-state index contributed by atoms with van der Waals surface area (Å²) in [5.41, 5.74) is 1.08. The van der Waals surface area contributed by atoms with Crippen LogP contribution in [-0.2, 0) is 9.53 Å². The van der Waals surface area contributed by atoms with E-state index in [1.54, 1.807) is 18.2 Å². The van der Waals surface area contributed by atoms with Gasteiger partial charge < -0.3 is 20.5 Å². The van der Waals surface area contributed by atoms with E-state index in [1.807, 2.05) is 0 Å². The van der Waals surface area contributed by atoms with Crippen molar-refractivity contribution in [1.82, 2.24) is 5.32 Å².